The Bertz CT molecular complexity index is 653. The lowest BCUT2D eigenvalue weighted by Crippen LogP contribution is -2.28. The minimum Gasteiger partial charge on any atom is -0.368 e. The Labute approximate surface area is 137 Å². The summed E-state index contributed by atoms with van der Waals surface area (Å²) >= 11 is 0. The Balaban J connectivity index is 2.35. The average Bonchev–Trinajstić information content (AvgIpc) is 2.52. The molecule has 0 aliphatic carbocycles. The summed E-state index contributed by atoms with van der Waals surface area (Å²) in [6, 6.07) is 11.6. The van der Waals surface area contributed by atoms with Crippen LogP contribution < -0.4 is 10.6 Å². The summed E-state index contributed by atoms with van der Waals surface area (Å²) in [7, 11) is 0. The van der Waals surface area contributed by atoms with E-state index in [2.05, 4.69) is 34.4 Å². The molecule has 122 valence electrons. The molecule has 0 saturated carbocycles. The van der Waals surface area contributed by atoms with Crippen LogP contribution in [0.15, 0.2) is 36.4 Å². The summed E-state index contributed by atoms with van der Waals surface area (Å²) in [6.45, 7) is 8.80. The van der Waals surface area contributed by atoms with Crippen LogP contribution in [0.1, 0.15) is 38.2 Å². The van der Waals surface area contributed by atoms with E-state index in [-0.39, 0.29) is 11.9 Å². The molecule has 1 aromatic carbocycles. The van der Waals surface area contributed by atoms with Crippen LogP contribution in [0, 0.1) is 5.92 Å². The molecule has 5 nitrogen and oxygen atoms in total. The maximum absolute atomic E-state index is 12.3. The van der Waals surface area contributed by atoms with Crippen molar-refractivity contribution < 1.29 is 4.79 Å². The van der Waals surface area contributed by atoms with Crippen molar-refractivity contribution >= 4 is 11.7 Å². The van der Waals surface area contributed by atoms with Gasteiger partial charge >= 0.3 is 0 Å². The smallest absolute Gasteiger partial charge is 0.270 e. The van der Waals surface area contributed by atoms with Crippen molar-refractivity contribution in [3.8, 4) is 11.4 Å². The van der Waals surface area contributed by atoms with E-state index in [1.807, 2.05) is 44.2 Å². The lowest BCUT2D eigenvalue weighted by molar-refractivity contribution is 0.0944. The zero-order valence-corrected chi connectivity index (χ0v) is 14.1. The van der Waals surface area contributed by atoms with E-state index in [4.69, 9.17) is 0 Å². The van der Waals surface area contributed by atoms with Gasteiger partial charge in [-0.2, -0.15) is 0 Å². The maximum atomic E-state index is 12.3. The monoisotopic (exact) mass is 312 g/mol. The fourth-order valence-electron chi connectivity index (χ4n) is 2.04. The first-order valence-corrected chi connectivity index (χ1v) is 7.95. The lowest BCUT2D eigenvalue weighted by atomic mass is 10.2. The Hall–Kier alpha value is -2.43. The molecule has 0 aliphatic rings. The van der Waals surface area contributed by atoms with E-state index >= 15 is 0 Å². The van der Waals surface area contributed by atoms with E-state index < -0.39 is 0 Å². The molecule has 5 heteroatoms. The zero-order valence-electron chi connectivity index (χ0n) is 14.1. The second-order valence-electron chi connectivity index (χ2n) is 6.23. The molecule has 23 heavy (non-hydrogen) atoms. The van der Waals surface area contributed by atoms with Gasteiger partial charge in [0.1, 0.15) is 11.5 Å². The van der Waals surface area contributed by atoms with Gasteiger partial charge in [-0.15, -0.1) is 0 Å². The van der Waals surface area contributed by atoms with Crippen LogP contribution in [-0.2, 0) is 0 Å². The highest BCUT2D eigenvalue weighted by molar-refractivity contribution is 5.93. The van der Waals surface area contributed by atoms with Gasteiger partial charge in [0.15, 0.2) is 5.82 Å². The van der Waals surface area contributed by atoms with Crippen LogP contribution in [0.4, 0.5) is 5.82 Å². The second kappa shape index (κ2) is 7.72. The minimum atomic E-state index is -0.176. The lowest BCUT2D eigenvalue weighted by Gasteiger charge is -2.13. The van der Waals surface area contributed by atoms with E-state index in [9.17, 15) is 4.79 Å². The van der Waals surface area contributed by atoms with Crippen molar-refractivity contribution in [2.75, 3.05) is 11.9 Å². The summed E-state index contributed by atoms with van der Waals surface area (Å²) in [6.07, 6.45) is 0. The van der Waals surface area contributed by atoms with E-state index in [0.29, 0.717) is 29.8 Å². The van der Waals surface area contributed by atoms with Gasteiger partial charge < -0.3 is 10.6 Å². The van der Waals surface area contributed by atoms with Gasteiger partial charge in [0, 0.05) is 24.2 Å². The number of amides is 1. The van der Waals surface area contributed by atoms with Crippen molar-refractivity contribution in [2.24, 2.45) is 5.92 Å². The van der Waals surface area contributed by atoms with Crippen LogP contribution in [0.25, 0.3) is 11.4 Å². The van der Waals surface area contributed by atoms with Gasteiger partial charge in [-0.05, 0) is 19.8 Å². The first-order valence-electron chi connectivity index (χ1n) is 7.95. The topological polar surface area (TPSA) is 66.9 Å². The van der Waals surface area contributed by atoms with E-state index in [1.165, 1.54) is 0 Å². The first-order chi connectivity index (χ1) is 11.0. The van der Waals surface area contributed by atoms with Crippen molar-refractivity contribution in [3.63, 3.8) is 0 Å². The molecule has 0 saturated heterocycles. The average molecular weight is 312 g/mol. The Morgan fingerprint density at radius 3 is 2.39 bits per heavy atom. The first kappa shape index (κ1) is 16.9. The number of benzene rings is 1. The molecule has 2 N–H and O–H groups in total. The highest BCUT2D eigenvalue weighted by Gasteiger charge is 2.13. The highest BCUT2D eigenvalue weighted by Crippen LogP contribution is 2.18. The predicted molar refractivity (Wildman–Crippen MR) is 93.4 cm³/mol. The Kier molecular flexibility index (Phi) is 5.68. The van der Waals surface area contributed by atoms with Gasteiger partial charge in [-0.25, -0.2) is 9.97 Å². The van der Waals surface area contributed by atoms with Crippen LogP contribution in [0.5, 0.6) is 0 Å². The second-order valence-corrected chi connectivity index (χ2v) is 6.23. The summed E-state index contributed by atoms with van der Waals surface area (Å²) < 4.78 is 0. The summed E-state index contributed by atoms with van der Waals surface area (Å²) in [5.41, 5.74) is 1.26. The molecule has 0 atom stereocenters. The SMILES string of the molecule is CC(C)CNC(=O)c1cc(NC(C)C)nc(-c2ccccc2)n1. The largest absolute Gasteiger partial charge is 0.368 e. The molecule has 0 fully saturated rings. The number of nitrogens with zero attached hydrogens (tertiary/aromatic N) is 2. The molecule has 0 unspecified atom stereocenters. The number of anilines is 1. The van der Waals surface area contributed by atoms with Crippen LogP contribution in [0.2, 0.25) is 0 Å². The molecule has 0 bridgehead atoms. The fraction of sp³-hybridized carbons (Fsp3) is 0.389. The van der Waals surface area contributed by atoms with Crippen LogP contribution in [0.3, 0.4) is 0 Å². The van der Waals surface area contributed by atoms with Crippen LogP contribution in [-0.4, -0.2) is 28.5 Å². The minimum absolute atomic E-state index is 0.176. The predicted octanol–water partition coefficient (Wildman–Crippen LogP) is 3.35. The number of rotatable bonds is 6. The molecule has 2 aromatic rings. The number of carbonyl (C=O) groups is 1. The van der Waals surface area contributed by atoms with Gasteiger partial charge in [-0.1, -0.05) is 44.2 Å². The zero-order chi connectivity index (χ0) is 16.8. The number of hydrogen-bond acceptors (Lipinski definition) is 4. The standard InChI is InChI=1S/C18H24N4O/c1-12(2)11-19-18(23)15-10-16(20-13(3)4)22-17(21-15)14-8-6-5-7-9-14/h5-10,12-13H,11H2,1-4H3,(H,19,23)(H,20,21,22). The van der Waals surface area contributed by atoms with Crippen molar-refractivity contribution in [2.45, 2.75) is 33.7 Å². The fourth-order valence-corrected chi connectivity index (χ4v) is 2.04. The van der Waals surface area contributed by atoms with Gasteiger partial charge in [0.2, 0.25) is 0 Å². The third-order valence-corrected chi connectivity index (χ3v) is 3.10. The van der Waals surface area contributed by atoms with Crippen LogP contribution >= 0.6 is 0 Å². The van der Waals surface area contributed by atoms with Gasteiger partial charge in [0.05, 0.1) is 0 Å². The van der Waals surface area contributed by atoms with Crippen molar-refractivity contribution in [1.29, 1.82) is 0 Å². The molecule has 1 heterocycles. The third kappa shape index (κ3) is 5.06. The van der Waals surface area contributed by atoms with E-state index in [1.54, 1.807) is 6.07 Å². The molecule has 0 spiro atoms. The van der Waals surface area contributed by atoms with Gasteiger partial charge in [0.25, 0.3) is 5.91 Å². The number of hydrogen-bond donors (Lipinski definition) is 2. The molecular formula is C18H24N4O. The number of carbonyl (C=O) groups excluding carboxylic acids is 1. The highest BCUT2D eigenvalue weighted by atomic mass is 16.1. The van der Waals surface area contributed by atoms with E-state index in [0.717, 1.165) is 5.56 Å². The molecular weight excluding hydrogens is 288 g/mol. The molecule has 1 amide bonds. The normalized spacial score (nSPS) is 10.9. The summed E-state index contributed by atoms with van der Waals surface area (Å²) in [5.74, 6) is 1.42. The molecule has 2 rings (SSSR count). The Morgan fingerprint density at radius 2 is 1.78 bits per heavy atom. The number of nitrogens with one attached hydrogen (secondary N) is 2. The van der Waals surface area contributed by atoms with Crippen molar-refractivity contribution in [3.05, 3.63) is 42.1 Å². The Morgan fingerprint density at radius 1 is 1.09 bits per heavy atom. The summed E-state index contributed by atoms with van der Waals surface area (Å²) in [4.78, 5) is 21.3. The third-order valence-electron chi connectivity index (χ3n) is 3.10. The molecule has 0 radical (unpaired) electrons. The maximum Gasteiger partial charge on any atom is 0.270 e. The molecule has 0 aliphatic heterocycles. The summed E-state index contributed by atoms with van der Waals surface area (Å²) in [5, 5.41) is 6.14. The van der Waals surface area contributed by atoms with Gasteiger partial charge in [-0.3, -0.25) is 4.79 Å². The van der Waals surface area contributed by atoms with Crippen molar-refractivity contribution in [1.82, 2.24) is 15.3 Å². The quantitative estimate of drug-likeness (QED) is 0.858. The molecule has 1 aromatic heterocycles. The number of aromatic nitrogens is 2.